The second-order valence-electron chi connectivity index (χ2n) is 14.9. The largest absolute Gasteiger partial charge is 0.344 e. The molecule has 11 nitrogen and oxygen atoms in total. The Morgan fingerprint density at radius 2 is 0.982 bits per heavy atom. The molecule has 0 fully saturated rings. The molecule has 4 aromatic rings. The van der Waals surface area contributed by atoms with Crippen LogP contribution in [-0.2, 0) is 26.2 Å². The molecule has 0 atom stereocenters. The fourth-order valence-electron chi connectivity index (χ4n) is 6.61. The van der Waals surface area contributed by atoms with Gasteiger partial charge in [-0.1, -0.05) is 76.2 Å². The van der Waals surface area contributed by atoms with Crippen molar-refractivity contribution in [3.05, 3.63) is 107 Å². The van der Waals surface area contributed by atoms with E-state index in [2.05, 4.69) is 135 Å². The lowest BCUT2D eigenvalue weighted by atomic mass is 10.1. The van der Waals surface area contributed by atoms with Gasteiger partial charge in [0.15, 0.2) is 12.1 Å². The van der Waals surface area contributed by atoms with Gasteiger partial charge in [0.05, 0.1) is 12.8 Å². The number of carbonyl (C=O) groups excluding carboxylic acids is 1. The van der Waals surface area contributed by atoms with Crippen LogP contribution in [0.25, 0.3) is 0 Å². The van der Waals surface area contributed by atoms with E-state index in [1.807, 2.05) is 0 Å². The lowest BCUT2D eigenvalue weighted by Gasteiger charge is -2.22. The van der Waals surface area contributed by atoms with Crippen LogP contribution in [0.3, 0.4) is 0 Å². The molecule has 0 radical (unpaired) electrons. The molecule has 0 aliphatic carbocycles. The lowest BCUT2D eigenvalue weighted by Crippen LogP contribution is -2.27. The predicted molar refractivity (Wildman–Crippen MR) is 240 cm³/mol. The van der Waals surface area contributed by atoms with Crippen LogP contribution in [0.5, 0.6) is 0 Å². The molecular formula is C46H76N10O. The Kier molecular flexibility index (Phi) is 27.6. The van der Waals surface area contributed by atoms with Crippen molar-refractivity contribution in [1.82, 2.24) is 39.5 Å². The minimum atomic E-state index is 0.375. The van der Waals surface area contributed by atoms with Crippen molar-refractivity contribution in [1.29, 1.82) is 0 Å². The number of benzene rings is 2. The summed E-state index contributed by atoms with van der Waals surface area (Å²) in [5, 5.41) is 0. The van der Waals surface area contributed by atoms with Gasteiger partial charge in [-0.05, 0) is 140 Å². The predicted octanol–water partition coefficient (Wildman–Crippen LogP) is 8.06. The van der Waals surface area contributed by atoms with Gasteiger partial charge in [-0.25, -0.2) is 9.97 Å². The van der Waals surface area contributed by atoms with Gasteiger partial charge in [-0.15, -0.1) is 0 Å². The molecule has 57 heavy (non-hydrogen) atoms. The molecule has 0 saturated heterocycles. The Hall–Kier alpha value is -4.00. The SMILES string of the molecule is CCCN(CCC)CCCCN(C)Cc1ccc(CN)cc1.CCCN(CCC)CCCCN(C)Cc1ccc(CN=Cc2ncc[nH]2)cc1.O=Cc1ncc[nH]1. The molecule has 2 heterocycles. The molecule has 4 rings (SSSR count). The van der Waals surface area contributed by atoms with Crippen molar-refractivity contribution < 1.29 is 4.79 Å². The summed E-state index contributed by atoms with van der Waals surface area (Å²) in [5.41, 5.74) is 10.8. The first-order valence-corrected chi connectivity index (χ1v) is 21.4. The standard InChI is InChI=1S/C23H37N5.C19H35N3.C4H4N2O/c1-4-14-28(15-5-2)17-7-6-16-27(3)20-22-10-8-21(9-11-22)18-24-19-23-25-12-13-26-23;1-4-12-22(13-5-2)15-7-6-14-21(3)17-19-10-8-18(16-20)9-11-19;7-3-4-5-1-2-6-4/h8-13,19H,4-7,14-18,20H2,1-3H3,(H,25,26);8-11H,4-7,12-17,20H2,1-3H3;1-3H,(H,5,6). The molecule has 0 amide bonds. The number of nitrogens with one attached hydrogen (secondary N) is 2. The fraction of sp³-hybridized carbons (Fsp3) is 0.565. The maximum absolute atomic E-state index is 9.77. The molecule has 4 N–H and O–H groups in total. The second-order valence-corrected chi connectivity index (χ2v) is 14.9. The zero-order valence-electron chi connectivity index (χ0n) is 36.3. The van der Waals surface area contributed by atoms with Crippen LogP contribution in [0.2, 0.25) is 0 Å². The summed E-state index contributed by atoms with van der Waals surface area (Å²) in [7, 11) is 4.43. The van der Waals surface area contributed by atoms with Crippen molar-refractivity contribution in [2.45, 2.75) is 105 Å². The van der Waals surface area contributed by atoms with Crippen LogP contribution in [0.4, 0.5) is 0 Å². The van der Waals surface area contributed by atoms with Gasteiger partial charge < -0.3 is 35.3 Å². The van der Waals surface area contributed by atoms with E-state index in [0.717, 1.165) is 25.5 Å². The molecule has 11 heteroatoms. The summed E-state index contributed by atoms with van der Waals surface area (Å²) in [4.78, 5) is 37.6. The average Bonchev–Trinajstić information content (AvgIpc) is 3.96. The average molecular weight is 785 g/mol. The van der Waals surface area contributed by atoms with Gasteiger partial charge in [0.25, 0.3) is 0 Å². The fourth-order valence-corrected chi connectivity index (χ4v) is 6.61. The maximum Gasteiger partial charge on any atom is 0.185 e. The molecule has 316 valence electrons. The number of aromatic nitrogens is 4. The van der Waals surface area contributed by atoms with Crippen LogP contribution in [0.1, 0.15) is 118 Å². The highest BCUT2D eigenvalue weighted by molar-refractivity contribution is 5.74. The van der Waals surface area contributed by atoms with E-state index in [-0.39, 0.29) is 0 Å². The molecule has 0 aliphatic rings. The number of nitrogens with zero attached hydrogens (tertiary/aromatic N) is 7. The highest BCUT2D eigenvalue weighted by atomic mass is 16.1. The van der Waals surface area contributed by atoms with Crippen LogP contribution in [0.15, 0.2) is 78.3 Å². The number of H-pyrrole nitrogens is 2. The van der Waals surface area contributed by atoms with Crippen molar-refractivity contribution in [3.8, 4) is 0 Å². The zero-order chi connectivity index (χ0) is 41.4. The van der Waals surface area contributed by atoms with E-state index >= 15 is 0 Å². The number of aliphatic imine (C=N–C) groups is 1. The van der Waals surface area contributed by atoms with Crippen molar-refractivity contribution >= 4 is 12.5 Å². The Balaban J connectivity index is 0.000000342. The number of aldehydes is 1. The Morgan fingerprint density at radius 1 is 0.579 bits per heavy atom. The van der Waals surface area contributed by atoms with Crippen LogP contribution in [0, 0.1) is 0 Å². The maximum atomic E-state index is 9.77. The molecule has 0 aliphatic heterocycles. The van der Waals surface area contributed by atoms with Crippen LogP contribution >= 0.6 is 0 Å². The monoisotopic (exact) mass is 785 g/mol. The first kappa shape index (κ1) is 49.1. The number of rotatable bonds is 27. The van der Waals surface area contributed by atoms with E-state index in [1.54, 1.807) is 24.8 Å². The minimum absolute atomic E-state index is 0.375. The molecule has 0 saturated carbocycles. The molecule has 0 bridgehead atoms. The smallest absolute Gasteiger partial charge is 0.185 e. The summed E-state index contributed by atoms with van der Waals surface area (Å²) >= 11 is 0. The quantitative estimate of drug-likeness (QED) is 0.0315. The van der Waals surface area contributed by atoms with Gasteiger partial charge in [-0.2, -0.15) is 0 Å². The molecule has 2 aromatic carbocycles. The summed E-state index contributed by atoms with van der Waals surface area (Å²) in [6, 6.07) is 17.5. The highest BCUT2D eigenvalue weighted by Gasteiger charge is 2.06. The molecule has 0 spiro atoms. The number of unbranched alkanes of at least 4 members (excludes halogenated alkanes) is 2. The zero-order valence-corrected chi connectivity index (χ0v) is 36.3. The van der Waals surface area contributed by atoms with Crippen LogP contribution < -0.4 is 5.73 Å². The van der Waals surface area contributed by atoms with Crippen molar-refractivity contribution in [3.63, 3.8) is 0 Å². The number of hydrogen-bond acceptors (Lipinski definition) is 9. The number of nitrogens with two attached hydrogens (primary N) is 1. The normalized spacial score (nSPS) is 11.4. The molecule has 2 aromatic heterocycles. The van der Waals surface area contributed by atoms with Crippen molar-refractivity contribution in [2.24, 2.45) is 10.7 Å². The number of aromatic amines is 2. The summed E-state index contributed by atoms with van der Waals surface area (Å²) < 4.78 is 0. The number of carbonyl (C=O) groups is 1. The van der Waals surface area contributed by atoms with Gasteiger partial charge in [0.2, 0.25) is 0 Å². The second kappa shape index (κ2) is 32.0. The Morgan fingerprint density at radius 3 is 1.35 bits per heavy atom. The third-order valence-electron chi connectivity index (χ3n) is 9.51. The van der Waals surface area contributed by atoms with Gasteiger partial charge in [0, 0.05) is 44.4 Å². The minimum Gasteiger partial charge on any atom is -0.344 e. The van der Waals surface area contributed by atoms with Gasteiger partial charge >= 0.3 is 0 Å². The van der Waals surface area contributed by atoms with Gasteiger partial charge in [0.1, 0.15) is 5.82 Å². The molecular weight excluding hydrogens is 709 g/mol. The number of imidazole rings is 2. The first-order chi connectivity index (χ1) is 27.8. The van der Waals surface area contributed by atoms with E-state index in [9.17, 15) is 4.79 Å². The van der Waals surface area contributed by atoms with E-state index in [0.29, 0.717) is 25.2 Å². The topological polar surface area (TPSA) is 126 Å². The Bertz CT molecular complexity index is 1500. The van der Waals surface area contributed by atoms with E-state index in [4.69, 9.17) is 5.73 Å². The van der Waals surface area contributed by atoms with Gasteiger partial charge in [-0.3, -0.25) is 9.79 Å². The lowest BCUT2D eigenvalue weighted by molar-refractivity contribution is 0.111. The third-order valence-corrected chi connectivity index (χ3v) is 9.51. The summed E-state index contributed by atoms with van der Waals surface area (Å²) in [5.74, 6) is 1.17. The summed E-state index contributed by atoms with van der Waals surface area (Å²) in [6.45, 7) is 22.2. The third kappa shape index (κ3) is 23.7. The van der Waals surface area contributed by atoms with Crippen molar-refractivity contribution in [2.75, 3.05) is 66.5 Å². The first-order valence-electron chi connectivity index (χ1n) is 21.4. The van der Waals surface area contributed by atoms with E-state index in [1.165, 1.54) is 126 Å². The highest BCUT2D eigenvalue weighted by Crippen LogP contribution is 2.10. The molecule has 0 unspecified atom stereocenters. The van der Waals surface area contributed by atoms with Crippen LogP contribution in [-0.4, -0.2) is 118 Å². The summed E-state index contributed by atoms with van der Waals surface area (Å²) in [6.07, 6.45) is 19.3. The van der Waals surface area contributed by atoms with E-state index < -0.39 is 0 Å². The Labute approximate surface area is 345 Å². The number of hydrogen-bond donors (Lipinski definition) is 3.